The number of tetrazole rings is 1. The molecule has 2 saturated heterocycles. The number of hydrogen-bond acceptors (Lipinski definition) is 6. The van der Waals surface area contributed by atoms with Crippen molar-refractivity contribution < 1.29 is 13.2 Å². The minimum Gasteiger partial charge on any atom is -0.323 e. The van der Waals surface area contributed by atoms with E-state index in [-0.39, 0.29) is 22.9 Å². The Balaban J connectivity index is 1.22. The number of nitrogens with zero attached hydrogens (tertiary/aromatic N) is 6. The van der Waals surface area contributed by atoms with E-state index in [1.165, 1.54) is 18.6 Å². The Labute approximate surface area is 196 Å². The zero-order valence-electron chi connectivity index (χ0n) is 18.0. The van der Waals surface area contributed by atoms with E-state index >= 15 is 0 Å². The molecule has 0 radical (unpaired) electrons. The largest absolute Gasteiger partial charge is 0.323 e. The standard InChI is InChI=1S/C22H23ClN6O3S/c1-33(31,32)21-10-18(23)6-7-20(21)16-4-2-15(3-5-16)17-11-28(12-17)22(30)27-9-8-19(13-27)29-25-14-24-26-29/h2-7,10,14,17,19H,8-9,11-13H2,1H3/t19-/m0/s1. The molecule has 2 amide bonds. The molecule has 3 heterocycles. The zero-order valence-corrected chi connectivity index (χ0v) is 19.6. The normalized spacial score (nSPS) is 19.0. The summed E-state index contributed by atoms with van der Waals surface area (Å²) in [4.78, 5) is 18.3. The van der Waals surface area contributed by atoms with Gasteiger partial charge in [0.2, 0.25) is 0 Å². The minimum atomic E-state index is -3.41. The van der Waals surface area contributed by atoms with Gasteiger partial charge in [-0.15, -0.1) is 10.2 Å². The van der Waals surface area contributed by atoms with Crippen molar-refractivity contribution in [2.75, 3.05) is 32.4 Å². The van der Waals surface area contributed by atoms with Gasteiger partial charge < -0.3 is 9.80 Å². The van der Waals surface area contributed by atoms with Crippen LogP contribution in [0.1, 0.15) is 23.9 Å². The maximum absolute atomic E-state index is 12.8. The monoisotopic (exact) mass is 486 g/mol. The predicted octanol–water partition coefficient (Wildman–Crippen LogP) is 2.86. The van der Waals surface area contributed by atoms with Crippen LogP contribution in [0.15, 0.2) is 53.7 Å². The molecule has 0 saturated carbocycles. The van der Waals surface area contributed by atoms with Crippen LogP contribution in [-0.4, -0.2) is 76.9 Å². The summed E-state index contributed by atoms with van der Waals surface area (Å²) in [7, 11) is -3.41. The average molecular weight is 487 g/mol. The van der Waals surface area contributed by atoms with Gasteiger partial charge in [0.15, 0.2) is 16.2 Å². The fourth-order valence-corrected chi connectivity index (χ4v) is 5.63. The fourth-order valence-electron chi connectivity index (χ4n) is 4.47. The van der Waals surface area contributed by atoms with Gasteiger partial charge in [0.1, 0.15) is 0 Å². The molecular weight excluding hydrogens is 464 g/mol. The van der Waals surface area contributed by atoms with E-state index in [2.05, 4.69) is 15.4 Å². The molecule has 0 unspecified atom stereocenters. The van der Waals surface area contributed by atoms with Gasteiger partial charge in [-0.2, -0.15) is 4.80 Å². The molecule has 0 N–H and O–H groups in total. The van der Waals surface area contributed by atoms with Crippen molar-refractivity contribution in [2.24, 2.45) is 0 Å². The lowest BCUT2D eigenvalue weighted by molar-refractivity contribution is 0.120. The van der Waals surface area contributed by atoms with Crippen molar-refractivity contribution >= 4 is 27.5 Å². The highest BCUT2D eigenvalue weighted by Crippen LogP contribution is 2.33. The summed E-state index contributed by atoms with van der Waals surface area (Å²) in [6, 6.07) is 12.9. The Bertz CT molecular complexity index is 1270. The maximum Gasteiger partial charge on any atom is 0.320 e. The SMILES string of the molecule is CS(=O)(=O)c1cc(Cl)ccc1-c1ccc(C2CN(C(=O)N3CC[C@H](n4ncnn4)C3)C2)cc1. The Kier molecular flexibility index (Phi) is 5.57. The van der Waals surface area contributed by atoms with E-state index < -0.39 is 9.84 Å². The van der Waals surface area contributed by atoms with Crippen molar-refractivity contribution in [1.29, 1.82) is 0 Å². The second-order valence-corrected chi connectivity index (χ2v) is 11.0. The second-order valence-electron chi connectivity index (χ2n) is 8.56. The highest BCUT2D eigenvalue weighted by molar-refractivity contribution is 7.90. The molecule has 0 spiro atoms. The van der Waals surface area contributed by atoms with E-state index in [1.807, 2.05) is 34.1 Å². The number of sulfone groups is 1. The first-order valence-electron chi connectivity index (χ1n) is 10.7. The number of halogens is 1. The molecule has 2 aliphatic heterocycles. The zero-order chi connectivity index (χ0) is 23.2. The van der Waals surface area contributed by atoms with Gasteiger partial charge in [0.25, 0.3) is 0 Å². The first-order chi connectivity index (χ1) is 15.8. The van der Waals surface area contributed by atoms with Gasteiger partial charge in [-0.1, -0.05) is 41.9 Å². The van der Waals surface area contributed by atoms with E-state index in [9.17, 15) is 13.2 Å². The van der Waals surface area contributed by atoms with Crippen LogP contribution in [0.5, 0.6) is 0 Å². The van der Waals surface area contributed by atoms with E-state index in [4.69, 9.17) is 11.6 Å². The topological polar surface area (TPSA) is 101 Å². The van der Waals surface area contributed by atoms with E-state index in [0.29, 0.717) is 36.8 Å². The van der Waals surface area contributed by atoms with Gasteiger partial charge in [-0.3, -0.25) is 0 Å². The van der Waals surface area contributed by atoms with Gasteiger partial charge >= 0.3 is 6.03 Å². The van der Waals surface area contributed by atoms with Crippen LogP contribution in [-0.2, 0) is 9.84 Å². The molecule has 11 heteroatoms. The Morgan fingerprint density at radius 1 is 1.06 bits per heavy atom. The van der Waals surface area contributed by atoms with E-state index in [0.717, 1.165) is 17.5 Å². The lowest BCUT2D eigenvalue weighted by atomic mass is 9.90. The molecule has 3 aromatic rings. The summed E-state index contributed by atoms with van der Waals surface area (Å²) < 4.78 is 24.4. The van der Waals surface area contributed by atoms with Crippen molar-refractivity contribution in [2.45, 2.75) is 23.3 Å². The highest BCUT2D eigenvalue weighted by Gasteiger charge is 2.37. The number of benzene rings is 2. The molecule has 0 bridgehead atoms. The molecule has 2 aromatic carbocycles. The number of hydrogen-bond donors (Lipinski definition) is 0. The number of likely N-dealkylation sites (tertiary alicyclic amines) is 2. The molecule has 1 atom stereocenters. The first-order valence-corrected chi connectivity index (χ1v) is 12.9. The smallest absolute Gasteiger partial charge is 0.320 e. The van der Waals surface area contributed by atoms with Gasteiger partial charge in [0.05, 0.1) is 10.9 Å². The lowest BCUT2D eigenvalue weighted by Crippen LogP contribution is -2.53. The van der Waals surface area contributed by atoms with Crippen LogP contribution >= 0.6 is 11.6 Å². The number of carbonyl (C=O) groups excluding carboxylic acids is 1. The van der Waals surface area contributed by atoms with Crippen LogP contribution in [0.4, 0.5) is 4.79 Å². The van der Waals surface area contributed by atoms with Crippen molar-refractivity contribution in [3.63, 3.8) is 0 Å². The Hall–Kier alpha value is -2.98. The van der Waals surface area contributed by atoms with Crippen LogP contribution in [0, 0.1) is 0 Å². The molecule has 2 aliphatic rings. The fraction of sp³-hybridized carbons (Fsp3) is 0.364. The molecule has 2 fully saturated rings. The van der Waals surface area contributed by atoms with Crippen molar-refractivity contribution in [3.05, 3.63) is 59.4 Å². The third-order valence-electron chi connectivity index (χ3n) is 6.31. The Morgan fingerprint density at radius 3 is 2.48 bits per heavy atom. The third kappa shape index (κ3) is 4.32. The van der Waals surface area contributed by atoms with Crippen LogP contribution < -0.4 is 0 Å². The average Bonchev–Trinajstić information content (AvgIpc) is 3.44. The molecule has 33 heavy (non-hydrogen) atoms. The van der Waals surface area contributed by atoms with Crippen molar-refractivity contribution in [3.8, 4) is 11.1 Å². The summed E-state index contributed by atoms with van der Waals surface area (Å²) in [6.07, 6.45) is 3.41. The lowest BCUT2D eigenvalue weighted by Gasteiger charge is -2.41. The van der Waals surface area contributed by atoms with E-state index in [1.54, 1.807) is 16.9 Å². The Morgan fingerprint density at radius 2 is 1.82 bits per heavy atom. The molecular formula is C22H23ClN6O3S. The second kappa shape index (κ2) is 8.42. The minimum absolute atomic E-state index is 0.0458. The summed E-state index contributed by atoms with van der Waals surface area (Å²) in [5.41, 5.74) is 2.57. The number of aromatic nitrogens is 4. The van der Waals surface area contributed by atoms with Gasteiger partial charge in [-0.25, -0.2) is 13.2 Å². The number of rotatable bonds is 4. The molecule has 0 aliphatic carbocycles. The van der Waals surface area contributed by atoms with Gasteiger partial charge in [0, 0.05) is 48.9 Å². The number of amides is 2. The summed E-state index contributed by atoms with van der Waals surface area (Å²) in [5.74, 6) is 0.262. The molecule has 9 nitrogen and oxygen atoms in total. The molecule has 1 aromatic heterocycles. The number of urea groups is 1. The maximum atomic E-state index is 12.8. The van der Waals surface area contributed by atoms with Crippen LogP contribution in [0.25, 0.3) is 11.1 Å². The first kappa shape index (κ1) is 21.8. The third-order valence-corrected chi connectivity index (χ3v) is 7.69. The summed E-state index contributed by atoms with van der Waals surface area (Å²) in [5, 5.41) is 12.1. The highest BCUT2D eigenvalue weighted by atomic mass is 35.5. The van der Waals surface area contributed by atoms with Crippen LogP contribution in [0.3, 0.4) is 0 Å². The molecule has 5 rings (SSSR count). The summed E-state index contributed by atoms with van der Waals surface area (Å²) in [6.45, 7) is 2.60. The summed E-state index contributed by atoms with van der Waals surface area (Å²) >= 11 is 6.01. The number of carbonyl (C=O) groups is 1. The molecule has 172 valence electrons. The van der Waals surface area contributed by atoms with Crippen LogP contribution in [0.2, 0.25) is 5.02 Å². The van der Waals surface area contributed by atoms with Crippen molar-refractivity contribution in [1.82, 2.24) is 30.0 Å². The quantitative estimate of drug-likeness (QED) is 0.562. The predicted molar refractivity (Wildman–Crippen MR) is 123 cm³/mol. The van der Waals surface area contributed by atoms with Gasteiger partial charge in [-0.05, 0) is 34.9 Å².